The van der Waals surface area contributed by atoms with Crippen LogP contribution in [0, 0.1) is 11.2 Å². The Kier molecular flexibility index (Phi) is 4.02. The second-order valence-corrected chi connectivity index (χ2v) is 5.61. The molecule has 0 atom stereocenters. The molecule has 2 rings (SSSR count). The van der Waals surface area contributed by atoms with E-state index in [9.17, 15) is 9.18 Å². The van der Waals surface area contributed by atoms with Gasteiger partial charge in [0.2, 0.25) is 0 Å². The zero-order valence-corrected chi connectivity index (χ0v) is 11.5. The monoisotopic (exact) mass is 315 g/mol. The van der Waals surface area contributed by atoms with Crippen LogP contribution in [0.1, 0.15) is 29.6 Å². The number of benzene rings is 1. The predicted octanol–water partition coefficient (Wildman–Crippen LogP) is 2.48. The number of hydrogen-bond donors (Lipinski definition) is 2. The first kappa shape index (κ1) is 13.5. The molecule has 1 amide bonds. The maximum atomic E-state index is 13.7. The summed E-state index contributed by atoms with van der Waals surface area (Å²) < 4.78 is 14.0. The van der Waals surface area contributed by atoms with Gasteiger partial charge in [-0.3, -0.25) is 4.79 Å². The summed E-state index contributed by atoms with van der Waals surface area (Å²) in [5, 5.41) is 11.7. The predicted molar refractivity (Wildman–Crippen MR) is 69.8 cm³/mol. The summed E-state index contributed by atoms with van der Waals surface area (Å²) in [5.41, 5.74) is 0.0802. The third kappa shape index (κ3) is 2.90. The lowest BCUT2D eigenvalue weighted by atomic mass is 10.0. The van der Waals surface area contributed by atoms with Crippen molar-refractivity contribution in [1.82, 2.24) is 5.32 Å². The van der Waals surface area contributed by atoms with Gasteiger partial charge in [0, 0.05) is 13.2 Å². The third-order valence-electron chi connectivity index (χ3n) is 3.42. The number of carbonyl (C=O) groups is 1. The minimum Gasteiger partial charge on any atom is -0.396 e. The molecule has 0 aliphatic heterocycles. The summed E-state index contributed by atoms with van der Waals surface area (Å²) in [6.07, 6.45) is 2.71. The standard InChI is InChI=1S/C13H15BrFNO2/c14-10-3-1-2-9(11(10)15)12(18)16-8-13(4-5-13)6-7-17/h1-3,17H,4-8H2,(H,16,18). The van der Waals surface area contributed by atoms with Gasteiger partial charge in [0.25, 0.3) is 5.91 Å². The molecular weight excluding hydrogens is 301 g/mol. The number of carbonyl (C=O) groups excluding carboxylic acids is 1. The van der Waals surface area contributed by atoms with Crippen LogP contribution in [0.2, 0.25) is 0 Å². The lowest BCUT2D eigenvalue weighted by molar-refractivity contribution is 0.0936. The molecule has 0 spiro atoms. The molecule has 2 N–H and O–H groups in total. The Morgan fingerprint density at radius 3 is 2.83 bits per heavy atom. The highest BCUT2D eigenvalue weighted by atomic mass is 79.9. The summed E-state index contributed by atoms with van der Waals surface area (Å²) in [6.45, 7) is 0.624. The van der Waals surface area contributed by atoms with Gasteiger partial charge in [0.1, 0.15) is 5.82 Å². The van der Waals surface area contributed by atoms with Crippen LogP contribution in [-0.2, 0) is 0 Å². The minimum atomic E-state index is -0.540. The second kappa shape index (κ2) is 5.36. The first-order valence-corrected chi connectivity index (χ1v) is 6.70. The highest BCUT2D eigenvalue weighted by Gasteiger charge is 2.42. The summed E-state index contributed by atoms with van der Waals surface area (Å²) >= 11 is 3.05. The zero-order valence-electron chi connectivity index (χ0n) is 9.88. The molecule has 5 heteroatoms. The largest absolute Gasteiger partial charge is 0.396 e. The van der Waals surface area contributed by atoms with Crippen LogP contribution in [0.3, 0.4) is 0 Å². The molecule has 1 fully saturated rings. The van der Waals surface area contributed by atoms with Crippen molar-refractivity contribution in [2.24, 2.45) is 5.41 Å². The van der Waals surface area contributed by atoms with Crippen molar-refractivity contribution < 1.29 is 14.3 Å². The van der Waals surface area contributed by atoms with E-state index < -0.39 is 11.7 Å². The minimum absolute atomic E-state index is 0.0346. The van der Waals surface area contributed by atoms with E-state index in [1.807, 2.05) is 0 Å². The molecule has 3 nitrogen and oxygen atoms in total. The lowest BCUT2D eigenvalue weighted by Crippen LogP contribution is -2.31. The van der Waals surface area contributed by atoms with E-state index in [0.717, 1.165) is 12.8 Å². The van der Waals surface area contributed by atoms with E-state index in [1.54, 1.807) is 12.1 Å². The maximum absolute atomic E-state index is 13.7. The van der Waals surface area contributed by atoms with Crippen molar-refractivity contribution in [2.45, 2.75) is 19.3 Å². The molecule has 0 unspecified atom stereocenters. The highest BCUT2D eigenvalue weighted by molar-refractivity contribution is 9.10. The van der Waals surface area contributed by atoms with Crippen LogP contribution in [0.15, 0.2) is 22.7 Å². The fourth-order valence-corrected chi connectivity index (χ4v) is 2.34. The molecule has 1 saturated carbocycles. The average molecular weight is 316 g/mol. The maximum Gasteiger partial charge on any atom is 0.254 e. The molecule has 1 aromatic rings. The van der Waals surface area contributed by atoms with Gasteiger partial charge in [-0.05, 0) is 52.7 Å². The van der Waals surface area contributed by atoms with E-state index in [1.165, 1.54) is 6.07 Å². The lowest BCUT2D eigenvalue weighted by Gasteiger charge is -2.14. The van der Waals surface area contributed by atoms with Gasteiger partial charge in [-0.1, -0.05) is 6.07 Å². The molecule has 1 aliphatic rings. The van der Waals surface area contributed by atoms with E-state index in [0.29, 0.717) is 13.0 Å². The van der Waals surface area contributed by atoms with Crippen LogP contribution in [0.5, 0.6) is 0 Å². The molecule has 0 bridgehead atoms. The number of hydrogen-bond acceptors (Lipinski definition) is 2. The van der Waals surface area contributed by atoms with Gasteiger partial charge >= 0.3 is 0 Å². The summed E-state index contributed by atoms with van der Waals surface area (Å²) in [4.78, 5) is 11.9. The van der Waals surface area contributed by atoms with Crippen molar-refractivity contribution >= 4 is 21.8 Å². The summed E-state index contributed by atoms with van der Waals surface area (Å²) in [5.74, 6) is -0.944. The Balaban J connectivity index is 1.98. The third-order valence-corrected chi connectivity index (χ3v) is 4.03. The number of aliphatic hydroxyl groups is 1. The number of aliphatic hydroxyl groups excluding tert-OH is 1. The number of nitrogens with one attached hydrogen (secondary N) is 1. The topological polar surface area (TPSA) is 49.3 Å². The second-order valence-electron chi connectivity index (χ2n) is 4.76. The van der Waals surface area contributed by atoms with Crippen molar-refractivity contribution in [3.63, 3.8) is 0 Å². The summed E-state index contributed by atoms with van der Waals surface area (Å²) in [7, 11) is 0. The van der Waals surface area contributed by atoms with Gasteiger partial charge in [-0.15, -0.1) is 0 Å². The highest BCUT2D eigenvalue weighted by Crippen LogP contribution is 2.47. The number of rotatable bonds is 5. The van der Waals surface area contributed by atoms with Gasteiger partial charge < -0.3 is 10.4 Å². The van der Waals surface area contributed by atoms with E-state index in [-0.39, 0.29) is 22.1 Å². The van der Waals surface area contributed by atoms with E-state index >= 15 is 0 Å². The Hall–Kier alpha value is -0.940. The van der Waals surface area contributed by atoms with Crippen LogP contribution in [-0.4, -0.2) is 24.2 Å². The Labute approximate surface area is 114 Å². The molecule has 0 radical (unpaired) electrons. The van der Waals surface area contributed by atoms with Crippen LogP contribution in [0.25, 0.3) is 0 Å². The quantitative estimate of drug-likeness (QED) is 0.877. The molecule has 0 saturated heterocycles. The normalized spacial score (nSPS) is 16.4. The average Bonchev–Trinajstić information content (AvgIpc) is 3.11. The SMILES string of the molecule is O=C(NCC1(CCO)CC1)c1cccc(Br)c1F. The number of halogens is 2. The van der Waals surface area contributed by atoms with Crippen LogP contribution in [0.4, 0.5) is 4.39 Å². The Morgan fingerprint density at radius 2 is 2.22 bits per heavy atom. The fourth-order valence-electron chi connectivity index (χ4n) is 1.97. The fraction of sp³-hybridized carbons (Fsp3) is 0.462. The molecule has 0 aromatic heterocycles. The number of amides is 1. The molecule has 1 aromatic carbocycles. The smallest absolute Gasteiger partial charge is 0.254 e. The molecule has 98 valence electrons. The van der Waals surface area contributed by atoms with E-state index in [4.69, 9.17) is 5.11 Å². The molecular formula is C13H15BrFNO2. The first-order valence-electron chi connectivity index (χ1n) is 5.91. The van der Waals surface area contributed by atoms with Gasteiger partial charge in [-0.25, -0.2) is 4.39 Å². The van der Waals surface area contributed by atoms with E-state index in [2.05, 4.69) is 21.2 Å². The van der Waals surface area contributed by atoms with Crippen LogP contribution >= 0.6 is 15.9 Å². The van der Waals surface area contributed by atoms with Crippen molar-refractivity contribution in [3.8, 4) is 0 Å². The van der Waals surface area contributed by atoms with Crippen molar-refractivity contribution in [2.75, 3.05) is 13.2 Å². The van der Waals surface area contributed by atoms with Gasteiger partial charge in [0.05, 0.1) is 10.0 Å². The van der Waals surface area contributed by atoms with Gasteiger partial charge in [-0.2, -0.15) is 0 Å². The zero-order chi connectivity index (χ0) is 13.2. The van der Waals surface area contributed by atoms with Crippen molar-refractivity contribution in [1.29, 1.82) is 0 Å². The summed E-state index contributed by atoms with van der Waals surface area (Å²) in [6, 6.07) is 4.64. The van der Waals surface area contributed by atoms with Gasteiger partial charge in [0.15, 0.2) is 0 Å². The Bertz CT molecular complexity index is 460. The first-order chi connectivity index (χ1) is 8.58. The van der Waals surface area contributed by atoms with Crippen LogP contribution < -0.4 is 5.32 Å². The molecule has 18 heavy (non-hydrogen) atoms. The molecule has 0 heterocycles. The Morgan fingerprint density at radius 1 is 1.50 bits per heavy atom. The van der Waals surface area contributed by atoms with Crippen molar-refractivity contribution in [3.05, 3.63) is 34.1 Å². The molecule has 1 aliphatic carbocycles.